The number of nitrogens with zero attached hydrogens (tertiary/aromatic N) is 1. The van der Waals surface area contributed by atoms with E-state index in [0.29, 0.717) is 11.6 Å². The molecule has 6 heteroatoms. The molecule has 0 aromatic heterocycles. The third-order valence-corrected chi connectivity index (χ3v) is 2.05. The maximum absolute atomic E-state index is 10.7. The first kappa shape index (κ1) is 9.05. The van der Waals surface area contributed by atoms with E-state index in [4.69, 9.17) is 0 Å². The van der Waals surface area contributed by atoms with Gasteiger partial charge in [-0.3, -0.25) is 9.59 Å². The molecule has 2 amide bonds. The Morgan fingerprint density at radius 1 is 1.75 bits per heavy atom. The lowest BCUT2D eigenvalue weighted by Gasteiger charge is -2.01. The monoisotopic (exact) mass is 187 g/mol. The van der Waals surface area contributed by atoms with Gasteiger partial charge in [-0.25, -0.2) is 0 Å². The SMILES string of the molecule is CNC(=O)CNC1=NC(=O)SC1. The normalized spacial score (nSPS) is 15.8. The highest BCUT2D eigenvalue weighted by Crippen LogP contribution is 2.11. The summed E-state index contributed by atoms with van der Waals surface area (Å²) in [6.07, 6.45) is 0. The largest absolute Gasteiger partial charge is 0.364 e. The molecule has 0 bridgehead atoms. The van der Waals surface area contributed by atoms with Crippen LogP contribution in [0.3, 0.4) is 0 Å². The zero-order chi connectivity index (χ0) is 8.97. The molecule has 5 nitrogen and oxygen atoms in total. The molecule has 0 fully saturated rings. The van der Waals surface area contributed by atoms with Crippen LogP contribution in [0.1, 0.15) is 0 Å². The second kappa shape index (κ2) is 4.10. The average Bonchev–Trinajstić information content (AvgIpc) is 2.47. The number of nitrogens with one attached hydrogen (secondary N) is 2. The van der Waals surface area contributed by atoms with Crippen molar-refractivity contribution in [3.05, 3.63) is 0 Å². The summed E-state index contributed by atoms with van der Waals surface area (Å²) in [7, 11) is 1.56. The lowest BCUT2D eigenvalue weighted by atomic mass is 10.5. The first-order valence-electron chi connectivity index (χ1n) is 3.41. The third kappa shape index (κ3) is 2.54. The first-order chi connectivity index (χ1) is 5.72. The van der Waals surface area contributed by atoms with E-state index in [1.54, 1.807) is 7.05 Å². The minimum atomic E-state index is -0.200. The van der Waals surface area contributed by atoms with Gasteiger partial charge in [0.25, 0.3) is 0 Å². The van der Waals surface area contributed by atoms with Gasteiger partial charge in [-0.15, -0.1) is 0 Å². The molecule has 0 saturated heterocycles. The molecule has 0 radical (unpaired) electrons. The number of likely N-dealkylation sites (N-methyl/N-ethyl adjacent to an activating group) is 1. The van der Waals surface area contributed by atoms with E-state index in [-0.39, 0.29) is 17.7 Å². The summed E-state index contributed by atoms with van der Waals surface area (Å²) >= 11 is 1.13. The Labute approximate surface area is 74.0 Å². The van der Waals surface area contributed by atoms with Gasteiger partial charge in [0, 0.05) is 7.05 Å². The van der Waals surface area contributed by atoms with Crippen molar-refractivity contribution in [3.8, 4) is 0 Å². The fourth-order valence-electron chi connectivity index (χ4n) is 0.666. The van der Waals surface area contributed by atoms with Crippen molar-refractivity contribution in [2.75, 3.05) is 19.3 Å². The molecule has 0 aliphatic carbocycles. The zero-order valence-electron chi connectivity index (χ0n) is 6.59. The Morgan fingerprint density at radius 2 is 2.50 bits per heavy atom. The lowest BCUT2D eigenvalue weighted by Crippen LogP contribution is -2.35. The van der Waals surface area contributed by atoms with Crippen LogP contribution < -0.4 is 10.6 Å². The summed E-state index contributed by atoms with van der Waals surface area (Å²) in [5, 5.41) is 5.01. The molecule has 66 valence electrons. The van der Waals surface area contributed by atoms with Crippen LogP contribution in [-0.2, 0) is 4.79 Å². The van der Waals surface area contributed by atoms with Crippen LogP contribution in [0.4, 0.5) is 4.79 Å². The minimum Gasteiger partial charge on any atom is -0.364 e. The Morgan fingerprint density at radius 3 is 3.00 bits per heavy atom. The van der Waals surface area contributed by atoms with Gasteiger partial charge in [0.05, 0.1) is 12.3 Å². The van der Waals surface area contributed by atoms with E-state index >= 15 is 0 Å². The number of carbonyl (C=O) groups excluding carboxylic acids is 2. The van der Waals surface area contributed by atoms with E-state index in [1.165, 1.54) is 0 Å². The van der Waals surface area contributed by atoms with Crippen LogP contribution in [0.15, 0.2) is 4.99 Å². The van der Waals surface area contributed by atoms with E-state index < -0.39 is 0 Å². The van der Waals surface area contributed by atoms with Crippen molar-refractivity contribution < 1.29 is 9.59 Å². The molecule has 1 aliphatic heterocycles. The van der Waals surface area contributed by atoms with Crippen LogP contribution in [0.25, 0.3) is 0 Å². The van der Waals surface area contributed by atoms with Crippen LogP contribution in [0.2, 0.25) is 0 Å². The van der Waals surface area contributed by atoms with Gasteiger partial charge in [0.2, 0.25) is 5.91 Å². The fraction of sp³-hybridized carbons (Fsp3) is 0.500. The molecule has 0 spiro atoms. The molecular weight excluding hydrogens is 178 g/mol. The van der Waals surface area contributed by atoms with Gasteiger partial charge in [-0.05, 0) is 0 Å². The van der Waals surface area contributed by atoms with E-state index in [9.17, 15) is 9.59 Å². The highest BCUT2D eigenvalue weighted by atomic mass is 32.2. The van der Waals surface area contributed by atoms with Gasteiger partial charge in [0.1, 0.15) is 5.84 Å². The van der Waals surface area contributed by atoms with Gasteiger partial charge in [0.15, 0.2) is 0 Å². The Balaban J connectivity index is 2.28. The maximum Gasteiger partial charge on any atom is 0.306 e. The molecule has 0 atom stereocenters. The topological polar surface area (TPSA) is 70.6 Å². The number of hydrogen-bond acceptors (Lipinski definition) is 4. The van der Waals surface area contributed by atoms with Crippen LogP contribution in [-0.4, -0.2) is 36.3 Å². The third-order valence-electron chi connectivity index (χ3n) is 1.29. The highest BCUT2D eigenvalue weighted by Gasteiger charge is 2.14. The molecule has 2 N–H and O–H groups in total. The number of amidine groups is 1. The fourth-order valence-corrected chi connectivity index (χ4v) is 1.27. The number of thioether (sulfide) groups is 1. The van der Waals surface area contributed by atoms with Crippen LogP contribution in [0.5, 0.6) is 0 Å². The molecule has 0 saturated carbocycles. The molecule has 1 heterocycles. The standard InChI is InChI=1S/C6H9N3O2S/c1-7-5(10)2-8-4-3-12-6(11)9-4/h2-3H2,1H3,(H,7,10)(H,8,9,11). The van der Waals surface area contributed by atoms with Gasteiger partial charge >= 0.3 is 5.24 Å². The lowest BCUT2D eigenvalue weighted by molar-refractivity contribution is -0.119. The first-order valence-corrected chi connectivity index (χ1v) is 4.39. The molecular formula is C6H9N3O2S. The molecule has 1 aliphatic rings. The second-order valence-corrected chi connectivity index (χ2v) is 3.07. The smallest absolute Gasteiger partial charge is 0.306 e. The summed E-state index contributed by atoms with van der Waals surface area (Å²) in [5.41, 5.74) is 0. The highest BCUT2D eigenvalue weighted by molar-refractivity contribution is 8.14. The van der Waals surface area contributed by atoms with Gasteiger partial charge in [-0.1, -0.05) is 11.8 Å². The quantitative estimate of drug-likeness (QED) is 0.616. The Kier molecular flexibility index (Phi) is 3.09. The number of rotatable bonds is 2. The summed E-state index contributed by atoms with van der Waals surface area (Å²) in [5.74, 6) is 0.992. The number of carbonyl (C=O) groups is 2. The summed E-state index contributed by atoms with van der Waals surface area (Å²) < 4.78 is 0. The van der Waals surface area contributed by atoms with E-state index in [2.05, 4.69) is 15.6 Å². The molecule has 0 aromatic carbocycles. The van der Waals surface area contributed by atoms with Crippen LogP contribution in [0, 0.1) is 0 Å². The molecule has 0 aromatic rings. The summed E-state index contributed by atoms with van der Waals surface area (Å²) in [4.78, 5) is 25.0. The van der Waals surface area contributed by atoms with Crippen molar-refractivity contribution in [2.24, 2.45) is 4.99 Å². The molecule has 12 heavy (non-hydrogen) atoms. The number of aliphatic imine (C=N–C) groups is 1. The molecule has 0 unspecified atom stereocenters. The maximum atomic E-state index is 10.7. The predicted octanol–water partition coefficient (Wildman–Crippen LogP) is -0.413. The minimum absolute atomic E-state index is 0.123. The summed E-state index contributed by atoms with van der Waals surface area (Å²) in [6.45, 7) is 0.170. The average molecular weight is 187 g/mol. The van der Waals surface area contributed by atoms with Crippen LogP contribution >= 0.6 is 11.8 Å². The van der Waals surface area contributed by atoms with Gasteiger partial charge in [-0.2, -0.15) is 4.99 Å². The summed E-state index contributed by atoms with van der Waals surface area (Å²) in [6, 6.07) is 0. The second-order valence-electron chi connectivity index (χ2n) is 2.14. The Hall–Kier alpha value is -1.04. The van der Waals surface area contributed by atoms with Gasteiger partial charge < -0.3 is 10.6 Å². The van der Waals surface area contributed by atoms with Crippen molar-refractivity contribution >= 4 is 28.7 Å². The van der Waals surface area contributed by atoms with E-state index in [0.717, 1.165) is 11.8 Å². The van der Waals surface area contributed by atoms with Crippen molar-refractivity contribution in [3.63, 3.8) is 0 Å². The predicted molar refractivity (Wildman–Crippen MR) is 47.4 cm³/mol. The number of amides is 2. The van der Waals surface area contributed by atoms with Crippen molar-refractivity contribution in [1.29, 1.82) is 0 Å². The zero-order valence-corrected chi connectivity index (χ0v) is 7.40. The number of hydrogen-bond donors (Lipinski definition) is 2. The molecule has 1 rings (SSSR count). The van der Waals surface area contributed by atoms with E-state index in [1.807, 2.05) is 0 Å². The van der Waals surface area contributed by atoms with Crippen molar-refractivity contribution in [1.82, 2.24) is 10.6 Å². The van der Waals surface area contributed by atoms with Crippen molar-refractivity contribution in [2.45, 2.75) is 0 Å². The Bertz CT molecular complexity index is 239.